The molecule has 3 nitrogen and oxygen atoms in total. The van der Waals surface area contributed by atoms with E-state index in [9.17, 15) is 18.0 Å². The van der Waals surface area contributed by atoms with Crippen LogP contribution in [0.15, 0.2) is 22.7 Å². The first-order valence-corrected chi connectivity index (χ1v) is 6.89. The Balaban J connectivity index is 2.31. The predicted octanol–water partition coefficient (Wildman–Crippen LogP) is 2.92. The second kappa shape index (κ2) is 5.73. The Morgan fingerprint density at radius 3 is 2.70 bits per heavy atom. The smallest absolute Gasteiger partial charge is 0.396 e. The molecule has 1 heterocycles. The van der Waals surface area contributed by atoms with Crippen LogP contribution >= 0.6 is 15.9 Å². The van der Waals surface area contributed by atoms with Crippen molar-refractivity contribution in [1.29, 1.82) is 0 Å². The SMILES string of the molecule is O=C(c1ccc(Br)cc1C(F)(F)F)N1CCC(CO)C1. The van der Waals surface area contributed by atoms with E-state index in [0.717, 1.165) is 6.07 Å². The molecule has 1 aromatic carbocycles. The summed E-state index contributed by atoms with van der Waals surface area (Å²) in [7, 11) is 0. The van der Waals surface area contributed by atoms with E-state index in [1.165, 1.54) is 17.0 Å². The molecule has 1 amide bonds. The maximum absolute atomic E-state index is 13.0. The summed E-state index contributed by atoms with van der Waals surface area (Å²) in [4.78, 5) is 13.6. The topological polar surface area (TPSA) is 40.5 Å². The van der Waals surface area contributed by atoms with E-state index in [4.69, 9.17) is 5.11 Å². The Morgan fingerprint density at radius 1 is 1.45 bits per heavy atom. The minimum absolute atomic E-state index is 0.0521. The van der Waals surface area contributed by atoms with Gasteiger partial charge in [-0.25, -0.2) is 0 Å². The summed E-state index contributed by atoms with van der Waals surface area (Å²) in [6.07, 6.45) is -3.97. The average molecular weight is 352 g/mol. The molecule has 1 N–H and O–H groups in total. The molecule has 1 saturated heterocycles. The normalized spacial score (nSPS) is 19.4. The van der Waals surface area contributed by atoms with Gasteiger partial charge < -0.3 is 10.0 Å². The lowest BCUT2D eigenvalue weighted by Gasteiger charge is -2.19. The number of hydrogen-bond acceptors (Lipinski definition) is 2. The summed E-state index contributed by atoms with van der Waals surface area (Å²) in [5.74, 6) is -0.690. The molecule has 2 rings (SSSR count). The number of rotatable bonds is 2. The number of amides is 1. The van der Waals surface area contributed by atoms with Crippen LogP contribution in [-0.2, 0) is 6.18 Å². The molecule has 7 heteroatoms. The van der Waals surface area contributed by atoms with Gasteiger partial charge in [0.1, 0.15) is 0 Å². The standard InChI is InChI=1S/C13H13BrF3NO2/c14-9-1-2-10(11(5-9)13(15,16)17)12(20)18-4-3-8(6-18)7-19/h1-2,5,8,19H,3-4,6-7H2. The van der Waals surface area contributed by atoms with Gasteiger partial charge in [0, 0.05) is 30.1 Å². The zero-order valence-electron chi connectivity index (χ0n) is 10.5. The van der Waals surface area contributed by atoms with Gasteiger partial charge in [0.05, 0.1) is 11.1 Å². The Labute approximate surface area is 122 Å². The molecular weight excluding hydrogens is 339 g/mol. The minimum atomic E-state index is -4.58. The van der Waals surface area contributed by atoms with Gasteiger partial charge in [0.15, 0.2) is 0 Å². The Bertz CT molecular complexity index is 519. The highest BCUT2D eigenvalue weighted by atomic mass is 79.9. The molecule has 1 fully saturated rings. The Kier molecular flexibility index (Phi) is 4.39. The molecule has 0 saturated carbocycles. The lowest BCUT2D eigenvalue weighted by molar-refractivity contribution is -0.138. The maximum atomic E-state index is 13.0. The largest absolute Gasteiger partial charge is 0.417 e. The molecule has 1 aliphatic heterocycles. The van der Waals surface area contributed by atoms with E-state index in [2.05, 4.69) is 15.9 Å². The van der Waals surface area contributed by atoms with E-state index in [-0.39, 0.29) is 22.6 Å². The van der Waals surface area contributed by atoms with Gasteiger partial charge in [-0.15, -0.1) is 0 Å². The molecular formula is C13H13BrF3NO2. The van der Waals surface area contributed by atoms with E-state index in [1.807, 2.05) is 0 Å². The zero-order chi connectivity index (χ0) is 14.9. The fraction of sp³-hybridized carbons (Fsp3) is 0.462. The highest BCUT2D eigenvalue weighted by molar-refractivity contribution is 9.10. The third-order valence-electron chi connectivity index (χ3n) is 3.35. The fourth-order valence-electron chi connectivity index (χ4n) is 2.27. The van der Waals surface area contributed by atoms with Crippen LogP contribution in [0.25, 0.3) is 0 Å². The van der Waals surface area contributed by atoms with Crippen LogP contribution in [0, 0.1) is 5.92 Å². The molecule has 1 aromatic rings. The Hall–Kier alpha value is -1.08. The van der Waals surface area contributed by atoms with Gasteiger partial charge in [0.2, 0.25) is 0 Å². The van der Waals surface area contributed by atoms with Gasteiger partial charge in [0.25, 0.3) is 5.91 Å². The number of halogens is 4. The summed E-state index contributed by atoms with van der Waals surface area (Å²) in [5.41, 5.74) is -1.29. The quantitative estimate of drug-likeness (QED) is 0.889. The molecule has 0 spiro atoms. The predicted molar refractivity (Wildman–Crippen MR) is 70.2 cm³/mol. The third kappa shape index (κ3) is 3.15. The van der Waals surface area contributed by atoms with Gasteiger partial charge in [-0.3, -0.25) is 4.79 Å². The van der Waals surface area contributed by atoms with E-state index >= 15 is 0 Å². The van der Waals surface area contributed by atoms with E-state index < -0.39 is 17.6 Å². The van der Waals surface area contributed by atoms with Crippen molar-refractivity contribution in [2.75, 3.05) is 19.7 Å². The van der Waals surface area contributed by atoms with Crippen LogP contribution in [0.1, 0.15) is 22.3 Å². The molecule has 0 aromatic heterocycles. The van der Waals surface area contributed by atoms with Gasteiger partial charge >= 0.3 is 6.18 Å². The van der Waals surface area contributed by atoms with E-state index in [1.54, 1.807) is 0 Å². The second-order valence-corrected chi connectivity index (χ2v) is 5.69. The number of aliphatic hydroxyl groups excluding tert-OH is 1. The molecule has 110 valence electrons. The summed E-state index contributed by atoms with van der Waals surface area (Å²) in [6, 6.07) is 3.51. The second-order valence-electron chi connectivity index (χ2n) is 4.78. The van der Waals surface area contributed by atoms with Crippen molar-refractivity contribution in [1.82, 2.24) is 4.90 Å². The Morgan fingerprint density at radius 2 is 2.15 bits per heavy atom. The van der Waals surface area contributed by atoms with Crippen LogP contribution in [-0.4, -0.2) is 35.6 Å². The monoisotopic (exact) mass is 351 g/mol. The van der Waals surface area contributed by atoms with Crippen molar-refractivity contribution in [2.24, 2.45) is 5.92 Å². The zero-order valence-corrected chi connectivity index (χ0v) is 12.0. The van der Waals surface area contributed by atoms with Crippen LogP contribution in [0.3, 0.4) is 0 Å². The lowest BCUT2D eigenvalue weighted by Crippen LogP contribution is -2.31. The summed E-state index contributed by atoms with van der Waals surface area (Å²) in [6.45, 7) is 0.608. The summed E-state index contributed by atoms with van der Waals surface area (Å²) in [5, 5.41) is 9.03. The van der Waals surface area contributed by atoms with Crippen molar-refractivity contribution in [3.05, 3.63) is 33.8 Å². The van der Waals surface area contributed by atoms with Crippen molar-refractivity contribution in [3.63, 3.8) is 0 Å². The summed E-state index contributed by atoms with van der Waals surface area (Å²) < 4.78 is 39.2. The first kappa shape index (κ1) is 15.3. The average Bonchev–Trinajstić information content (AvgIpc) is 2.85. The minimum Gasteiger partial charge on any atom is -0.396 e. The molecule has 1 aliphatic rings. The maximum Gasteiger partial charge on any atom is 0.417 e. The molecule has 0 radical (unpaired) electrons. The number of benzene rings is 1. The highest BCUT2D eigenvalue weighted by Gasteiger charge is 2.37. The number of alkyl halides is 3. The number of likely N-dealkylation sites (tertiary alicyclic amines) is 1. The first-order chi connectivity index (χ1) is 9.32. The molecule has 1 unspecified atom stereocenters. The third-order valence-corrected chi connectivity index (χ3v) is 3.84. The first-order valence-electron chi connectivity index (χ1n) is 6.10. The lowest BCUT2D eigenvalue weighted by atomic mass is 10.1. The van der Waals surface area contributed by atoms with Crippen LogP contribution in [0.5, 0.6) is 0 Å². The van der Waals surface area contributed by atoms with E-state index in [0.29, 0.717) is 19.5 Å². The van der Waals surface area contributed by atoms with Crippen LogP contribution in [0.4, 0.5) is 13.2 Å². The molecule has 1 atom stereocenters. The molecule has 0 aliphatic carbocycles. The fourth-order valence-corrected chi connectivity index (χ4v) is 2.64. The van der Waals surface area contributed by atoms with Gasteiger partial charge in [-0.2, -0.15) is 13.2 Å². The van der Waals surface area contributed by atoms with Gasteiger partial charge in [-0.05, 0) is 24.6 Å². The molecule has 20 heavy (non-hydrogen) atoms. The number of hydrogen-bond donors (Lipinski definition) is 1. The van der Waals surface area contributed by atoms with Crippen molar-refractivity contribution in [2.45, 2.75) is 12.6 Å². The molecule has 0 bridgehead atoms. The van der Waals surface area contributed by atoms with Crippen molar-refractivity contribution >= 4 is 21.8 Å². The van der Waals surface area contributed by atoms with Crippen molar-refractivity contribution < 1.29 is 23.1 Å². The number of aliphatic hydroxyl groups is 1. The van der Waals surface area contributed by atoms with Gasteiger partial charge in [-0.1, -0.05) is 15.9 Å². The number of carbonyl (C=O) groups excluding carboxylic acids is 1. The number of nitrogens with zero attached hydrogens (tertiary/aromatic N) is 1. The van der Waals surface area contributed by atoms with Crippen LogP contribution < -0.4 is 0 Å². The highest BCUT2D eigenvalue weighted by Crippen LogP contribution is 2.35. The summed E-state index contributed by atoms with van der Waals surface area (Å²) >= 11 is 2.98. The number of carbonyl (C=O) groups is 1. The van der Waals surface area contributed by atoms with Crippen LogP contribution in [0.2, 0.25) is 0 Å². The van der Waals surface area contributed by atoms with Crippen molar-refractivity contribution in [3.8, 4) is 0 Å².